The van der Waals surface area contributed by atoms with Crippen LogP contribution in [0, 0.1) is 30.1 Å². The van der Waals surface area contributed by atoms with Gasteiger partial charge in [-0.15, -0.1) is 0 Å². The third-order valence-corrected chi connectivity index (χ3v) is 4.54. The average Bonchev–Trinajstić information content (AvgIpc) is 3.19. The van der Waals surface area contributed by atoms with E-state index in [0.717, 1.165) is 23.3 Å². The van der Waals surface area contributed by atoms with E-state index >= 15 is 0 Å². The Morgan fingerprint density at radius 1 is 1.45 bits per heavy atom. The van der Waals surface area contributed by atoms with Gasteiger partial charge in [0.25, 0.3) is 0 Å². The zero-order valence-corrected chi connectivity index (χ0v) is 11.0. The van der Waals surface area contributed by atoms with Gasteiger partial charge in [0, 0.05) is 18.6 Å². The molecule has 1 aromatic rings. The van der Waals surface area contributed by atoms with Crippen molar-refractivity contribution in [3.05, 3.63) is 47.1 Å². The predicted molar refractivity (Wildman–Crippen MR) is 68.6 cm³/mol. The fourth-order valence-corrected chi connectivity index (χ4v) is 3.45. The van der Waals surface area contributed by atoms with Crippen LogP contribution in [0.3, 0.4) is 0 Å². The van der Waals surface area contributed by atoms with Gasteiger partial charge in [0.05, 0.1) is 17.6 Å². The summed E-state index contributed by atoms with van der Waals surface area (Å²) in [6.07, 6.45) is 2.72. The van der Waals surface area contributed by atoms with Gasteiger partial charge < -0.3 is 0 Å². The molecular weight excluding hydrogens is 258 g/mol. The number of aryl methyl sites for hydroxylation is 1. The van der Waals surface area contributed by atoms with Gasteiger partial charge in [-0.1, -0.05) is 0 Å². The SMILES string of the molecule is Cc1cc[n+]2c(c1)C1=C(C=C(F)C(C#N)C1F)C1C[C@@H]12. The summed E-state index contributed by atoms with van der Waals surface area (Å²) in [5.41, 5.74) is 3.12. The number of hydrogen-bond donors (Lipinski definition) is 0. The third-order valence-electron chi connectivity index (χ3n) is 4.54. The highest BCUT2D eigenvalue weighted by Crippen LogP contribution is 2.54. The number of nitrogens with zero attached hydrogens (tertiary/aromatic N) is 2. The number of rotatable bonds is 0. The van der Waals surface area contributed by atoms with Gasteiger partial charge >= 0.3 is 0 Å². The topological polar surface area (TPSA) is 27.7 Å². The van der Waals surface area contributed by atoms with Crippen molar-refractivity contribution < 1.29 is 13.3 Å². The fourth-order valence-electron chi connectivity index (χ4n) is 3.45. The molecule has 0 aromatic carbocycles. The van der Waals surface area contributed by atoms with E-state index in [2.05, 4.69) is 4.57 Å². The summed E-state index contributed by atoms with van der Waals surface area (Å²) >= 11 is 0. The molecule has 0 N–H and O–H groups in total. The maximum Gasteiger partial charge on any atom is 0.212 e. The minimum Gasteiger partial charge on any atom is -0.240 e. The van der Waals surface area contributed by atoms with Crippen LogP contribution in [0.2, 0.25) is 0 Å². The van der Waals surface area contributed by atoms with Crippen molar-refractivity contribution in [2.45, 2.75) is 25.6 Å². The number of aromatic nitrogens is 1. The van der Waals surface area contributed by atoms with Gasteiger partial charge in [-0.2, -0.15) is 9.83 Å². The Morgan fingerprint density at radius 3 is 3.00 bits per heavy atom. The third kappa shape index (κ3) is 1.38. The van der Waals surface area contributed by atoms with Crippen LogP contribution in [0.1, 0.15) is 23.7 Å². The predicted octanol–water partition coefficient (Wildman–Crippen LogP) is 2.96. The second kappa shape index (κ2) is 3.76. The van der Waals surface area contributed by atoms with Crippen molar-refractivity contribution in [3.63, 3.8) is 0 Å². The highest BCUT2D eigenvalue weighted by atomic mass is 19.1. The minimum atomic E-state index is -1.57. The van der Waals surface area contributed by atoms with Gasteiger partial charge in [0.15, 0.2) is 18.4 Å². The minimum absolute atomic E-state index is 0.203. The van der Waals surface area contributed by atoms with E-state index in [1.54, 1.807) is 6.07 Å². The molecule has 2 heterocycles. The van der Waals surface area contributed by atoms with E-state index in [0.29, 0.717) is 11.6 Å². The summed E-state index contributed by atoms with van der Waals surface area (Å²) in [5.74, 6) is -1.74. The molecule has 1 aromatic heterocycles. The zero-order valence-electron chi connectivity index (χ0n) is 11.0. The second-order valence-electron chi connectivity index (χ2n) is 5.81. The number of pyridine rings is 1. The molecule has 3 unspecified atom stereocenters. The average molecular weight is 271 g/mol. The molecule has 0 saturated heterocycles. The van der Waals surface area contributed by atoms with E-state index in [4.69, 9.17) is 5.26 Å². The molecule has 1 saturated carbocycles. The molecule has 2 aliphatic carbocycles. The normalized spacial score (nSPS) is 33.6. The van der Waals surface area contributed by atoms with Crippen molar-refractivity contribution in [2.75, 3.05) is 0 Å². The molecule has 2 nitrogen and oxygen atoms in total. The number of halogens is 2. The summed E-state index contributed by atoms with van der Waals surface area (Å²) in [4.78, 5) is 0. The van der Waals surface area contributed by atoms with E-state index in [-0.39, 0.29) is 5.92 Å². The van der Waals surface area contributed by atoms with Crippen LogP contribution in [0.4, 0.5) is 8.78 Å². The number of alkyl halides is 1. The molecule has 100 valence electrons. The highest BCUT2D eigenvalue weighted by molar-refractivity contribution is 5.75. The lowest BCUT2D eigenvalue weighted by atomic mass is 9.82. The fraction of sp³-hybridized carbons (Fsp3) is 0.375. The Kier molecular flexibility index (Phi) is 2.21. The molecule has 4 atom stereocenters. The second-order valence-corrected chi connectivity index (χ2v) is 5.81. The number of nitriles is 1. The summed E-state index contributed by atoms with van der Waals surface area (Å²) in [5, 5.41) is 9.00. The molecule has 4 rings (SSSR count). The van der Waals surface area contributed by atoms with E-state index in [9.17, 15) is 8.78 Å². The van der Waals surface area contributed by atoms with Crippen LogP contribution in [-0.4, -0.2) is 6.17 Å². The van der Waals surface area contributed by atoms with Crippen LogP contribution in [0.15, 0.2) is 35.8 Å². The van der Waals surface area contributed by atoms with Gasteiger partial charge in [-0.3, -0.25) is 0 Å². The lowest BCUT2D eigenvalue weighted by Gasteiger charge is -2.25. The van der Waals surface area contributed by atoms with E-state index in [1.807, 2.05) is 25.3 Å². The zero-order chi connectivity index (χ0) is 14.0. The lowest BCUT2D eigenvalue weighted by Crippen LogP contribution is -2.42. The summed E-state index contributed by atoms with van der Waals surface area (Å²) in [6, 6.07) is 6.00. The summed E-state index contributed by atoms with van der Waals surface area (Å²) in [7, 11) is 0. The van der Waals surface area contributed by atoms with Gasteiger partial charge in [0.2, 0.25) is 5.69 Å². The van der Waals surface area contributed by atoms with Crippen molar-refractivity contribution in [1.82, 2.24) is 0 Å². The maximum absolute atomic E-state index is 14.7. The van der Waals surface area contributed by atoms with Crippen molar-refractivity contribution in [3.8, 4) is 6.07 Å². The van der Waals surface area contributed by atoms with Gasteiger partial charge in [0.1, 0.15) is 11.7 Å². The standard InChI is InChI=1S/C16H13F2N2/c1-8-2-3-20-13-6-9(13)10-5-12(17)11(7-19)16(18)15(10)14(20)4-8/h2-5,9,11,13,16H,6H2,1H3/q+1/t9?,11?,13-,16?/m0/s1. The number of allylic oxidation sites excluding steroid dienone is 4. The number of fused-ring (bicyclic) bond motifs is 5. The molecule has 1 aliphatic heterocycles. The monoisotopic (exact) mass is 271 g/mol. The van der Waals surface area contributed by atoms with Gasteiger partial charge in [-0.25, -0.2) is 8.78 Å². The highest BCUT2D eigenvalue weighted by Gasteiger charge is 2.56. The first-order chi connectivity index (χ1) is 9.61. The van der Waals surface area contributed by atoms with Crippen LogP contribution < -0.4 is 4.57 Å². The van der Waals surface area contributed by atoms with Crippen molar-refractivity contribution in [1.29, 1.82) is 5.26 Å². The Balaban J connectivity index is 1.97. The maximum atomic E-state index is 14.7. The first kappa shape index (κ1) is 11.8. The first-order valence-electron chi connectivity index (χ1n) is 6.79. The smallest absolute Gasteiger partial charge is 0.212 e. The molecule has 0 amide bonds. The molecule has 20 heavy (non-hydrogen) atoms. The lowest BCUT2D eigenvalue weighted by molar-refractivity contribution is -0.706. The van der Waals surface area contributed by atoms with Crippen molar-refractivity contribution in [2.24, 2.45) is 11.8 Å². The van der Waals surface area contributed by atoms with E-state index < -0.39 is 17.9 Å². The molecule has 0 bridgehead atoms. The largest absolute Gasteiger partial charge is 0.240 e. The summed E-state index contributed by atoms with van der Waals surface area (Å²) < 4.78 is 30.6. The molecule has 0 spiro atoms. The molecule has 3 aliphatic rings. The molecular formula is C16H13F2N2+. The quantitative estimate of drug-likeness (QED) is 0.667. The van der Waals surface area contributed by atoms with E-state index in [1.165, 1.54) is 6.08 Å². The van der Waals surface area contributed by atoms with Crippen LogP contribution in [-0.2, 0) is 0 Å². The Bertz CT molecular complexity index is 726. The Labute approximate surface area is 115 Å². The molecule has 1 fully saturated rings. The van der Waals surface area contributed by atoms with Crippen molar-refractivity contribution >= 4 is 5.57 Å². The molecule has 4 heteroatoms. The van der Waals surface area contributed by atoms with Crippen LogP contribution >= 0.6 is 0 Å². The Morgan fingerprint density at radius 2 is 2.25 bits per heavy atom. The first-order valence-corrected chi connectivity index (χ1v) is 6.79. The molecule has 0 radical (unpaired) electrons. The number of hydrogen-bond acceptors (Lipinski definition) is 1. The van der Waals surface area contributed by atoms with Gasteiger partial charge in [-0.05, 0) is 24.1 Å². The summed E-state index contributed by atoms with van der Waals surface area (Å²) in [6.45, 7) is 1.95. The Hall–Kier alpha value is -2.02. The van der Waals surface area contributed by atoms with Crippen LogP contribution in [0.5, 0.6) is 0 Å². The van der Waals surface area contributed by atoms with Crippen LogP contribution in [0.25, 0.3) is 5.57 Å².